The number of amides is 1. The number of rotatable bonds is 4. The topological polar surface area (TPSA) is 72.5 Å². The smallest absolute Gasteiger partial charge is 0.257 e. The maximum atomic E-state index is 12.6. The van der Waals surface area contributed by atoms with Gasteiger partial charge >= 0.3 is 0 Å². The molecule has 4 rings (SSSR count). The molecular formula is C23H23N3O3. The van der Waals surface area contributed by atoms with E-state index < -0.39 is 0 Å². The number of ether oxygens (including phenoxy) is 2. The van der Waals surface area contributed by atoms with Crippen molar-refractivity contribution in [3.8, 4) is 11.5 Å². The second-order valence-corrected chi connectivity index (χ2v) is 7.94. The third-order valence-electron chi connectivity index (χ3n) is 4.67. The van der Waals surface area contributed by atoms with Gasteiger partial charge in [-0.2, -0.15) is 0 Å². The van der Waals surface area contributed by atoms with Crippen LogP contribution in [-0.2, 0) is 5.41 Å². The number of aromatic nitrogens is 1. The first kappa shape index (κ1) is 18.8. The van der Waals surface area contributed by atoms with Crippen LogP contribution in [-0.4, -0.2) is 17.7 Å². The number of anilines is 3. The largest absolute Gasteiger partial charge is 0.454 e. The Kier molecular flexibility index (Phi) is 4.84. The number of carbonyl (C=O) groups is 1. The van der Waals surface area contributed by atoms with Gasteiger partial charge in [-0.3, -0.25) is 9.78 Å². The van der Waals surface area contributed by atoms with E-state index in [9.17, 15) is 4.79 Å². The van der Waals surface area contributed by atoms with E-state index in [0.717, 1.165) is 17.1 Å². The summed E-state index contributed by atoms with van der Waals surface area (Å²) < 4.78 is 10.7. The zero-order valence-electron chi connectivity index (χ0n) is 16.7. The first-order valence-corrected chi connectivity index (χ1v) is 9.42. The average Bonchev–Trinajstić information content (AvgIpc) is 3.16. The second-order valence-electron chi connectivity index (χ2n) is 7.94. The van der Waals surface area contributed by atoms with Crippen molar-refractivity contribution in [2.45, 2.75) is 26.2 Å². The molecule has 0 saturated heterocycles. The molecule has 3 aromatic rings. The molecule has 29 heavy (non-hydrogen) atoms. The Bertz CT molecular complexity index is 1040. The molecule has 1 aromatic heterocycles. The maximum absolute atomic E-state index is 12.6. The van der Waals surface area contributed by atoms with Gasteiger partial charge in [-0.05, 0) is 41.3 Å². The Morgan fingerprint density at radius 1 is 0.897 bits per heavy atom. The Balaban J connectivity index is 1.46. The summed E-state index contributed by atoms with van der Waals surface area (Å²) in [6.45, 7) is 6.70. The zero-order valence-corrected chi connectivity index (χ0v) is 16.7. The van der Waals surface area contributed by atoms with Gasteiger partial charge in [0.15, 0.2) is 11.5 Å². The van der Waals surface area contributed by atoms with Gasteiger partial charge in [0.05, 0.1) is 17.4 Å². The van der Waals surface area contributed by atoms with Crippen molar-refractivity contribution in [3.63, 3.8) is 0 Å². The third-order valence-corrected chi connectivity index (χ3v) is 4.67. The van der Waals surface area contributed by atoms with Crippen LogP contribution in [0.1, 0.15) is 36.7 Å². The van der Waals surface area contributed by atoms with Gasteiger partial charge in [0.2, 0.25) is 6.79 Å². The van der Waals surface area contributed by atoms with Gasteiger partial charge in [-0.25, -0.2) is 0 Å². The minimum atomic E-state index is -0.213. The van der Waals surface area contributed by atoms with Crippen molar-refractivity contribution in [1.82, 2.24) is 4.98 Å². The molecular weight excluding hydrogens is 366 g/mol. The quantitative estimate of drug-likeness (QED) is 0.649. The third kappa shape index (κ3) is 4.32. The van der Waals surface area contributed by atoms with Crippen LogP contribution in [0.3, 0.4) is 0 Å². The molecule has 1 amide bonds. The van der Waals surface area contributed by atoms with Crippen molar-refractivity contribution in [1.29, 1.82) is 0 Å². The van der Waals surface area contributed by atoms with Crippen molar-refractivity contribution < 1.29 is 14.3 Å². The second kappa shape index (κ2) is 7.47. The van der Waals surface area contributed by atoms with E-state index in [1.807, 2.05) is 42.5 Å². The fourth-order valence-electron chi connectivity index (χ4n) is 3.03. The van der Waals surface area contributed by atoms with Crippen LogP contribution in [0.15, 0.2) is 60.9 Å². The lowest BCUT2D eigenvalue weighted by Gasteiger charge is -2.19. The number of carbonyl (C=O) groups excluding carboxylic acids is 1. The number of pyridine rings is 1. The van der Waals surface area contributed by atoms with E-state index in [1.165, 1.54) is 5.56 Å². The van der Waals surface area contributed by atoms with Crippen LogP contribution >= 0.6 is 0 Å². The monoisotopic (exact) mass is 389 g/mol. The van der Waals surface area contributed by atoms with Gasteiger partial charge in [-0.1, -0.05) is 32.9 Å². The summed E-state index contributed by atoms with van der Waals surface area (Å²) in [5, 5.41) is 6.16. The highest BCUT2D eigenvalue weighted by Gasteiger charge is 2.15. The summed E-state index contributed by atoms with van der Waals surface area (Å²) in [5.41, 5.74) is 4.03. The first-order valence-electron chi connectivity index (χ1n) is 9.42. The molecule has 6 heteroatoms. The Morgan fingerprint density at radius 2 is 1.62 bits per heavy atom. The first-order chi connectivity index (χ1) is 13.9. The van der Waals surface area contributed by atoms with Crippen molar-refractivity contribution in [2.75, 3.05) is 17.4 Å². The van der Waals surface area contributed by atoms with Crippen molar-refractivity contribution in [2.24, 2.45) is 0 Å². The predicted octanol–water partition coefficient (Wildman–Crippen LogP) is 5.10. The van der Waals surface area contributed by atoms with Crippen LogP contribution in [0.5, 0.6) is 11.5 Å². The van der Waals surface area contributed by atoms with Crippen molar-refractivity contribution >= 4 is 23.0 Å². The lowest BCUT2D eigenvalue weighted by atomic mass is 9.87. The molecule has 0 atom stereocenters. The standard InChI is InChI=1S/C23H23N3O3/c1-23(2,3)16-4-6-17(7-5-16)26-22(27)15-10-19(13-24-12-15)25-18-8-9-20-21(11-18)29-14-28-20/h4-13,25H,14H2,1-3H3,(H,26,27). The predicted molar refractivity (Wildman–Crippen MR) is 113 cm³/mol. The van der Waals surface area contributed by atoms with E-state index in [2.05, 4.69) is 36.4 Å². The van der Waals surface area contributed by atoms with E-state index in [1.54, 1.807) is 18.5 Å². The summed E-state index contributed by atoms with van der Waals surface area (Å²) in [7, 11) is 0. The minimum Gasteiger partial charge on any atom is -0.454 e. The van der Waals surface area contributed by atoms with Gasteiger partial charge in [0.25, 0.3) is 5.91 Å². The Labute approximate surface area is 169 Å². The minimum absolute atomic E-state index is 0.0706. The molecule has 1 aliphatic rings. The fraction of sp³-hybridized carbons (Fsp3) is 0.217. The summed E-state index contributed by atoms with van der Waals surface area (Å²) in [5.74, 6) is 1.20. The van der Waals surface area contributed by atoms with Gasteiger partial charge in [0, 0.05) is 23.6 Å². The zero-order chi connectivity index (χ0) is 20.4. The molecule has 0 aliphatic carbocycles. The van der Waals surface area contributed by atoms with Gasteiger partial charge < -0.3 is 20.1 Å². The number of fused-ring (bicyclic) bond motifs is 1. The summed E-state index contributed by atoms with van der Waals surface area (Å²) in [6, 6.07) is 15.2. The normalized spacial score (nSPS) is 12.5. The molecule has 2 N–H and O–H groups in total. The highest BCUT2D eigenvalue weighted by Crippen LogP contribution is 2.35. The van der Waals surface area contributed by atoms with Crippen molar-refractivity contribution in [3.05, 3.63) is 72.1 Å². The number of benzene rings is 2. The lowest BCUT2D eigenvalue weighted by molar-refractivity contribution is 0.102. The van der Waals surface area contributed by atoms with Crippen LogP contribution in [0.2, 0.25) is 0 Å². The van der Waals surface area contributed by atoms with E-state index in [-0.39, 0.29) is 18.1 Å². The molecule has 2 aromatic carbocycles. The molecule has 0 spiro atoms. The summed E-state index contributed by atoms with van der Waals surface area (Å²) in [6.07, 6.45) is 3.21. The van der Waals surface area contributed by atoms with Crippen LogP contribution < -0.4 is 20.1 Å². The van der Waals surface area contributed by atoms with E-state index in [0.29, 0.717) is 17.0 Å². The van der Waals surface area contributed by atoms with Crippen LogP contribution in [0.4, 0.5) is 17.1 Å². The Hall–Kier alpha value is -3.54. The highest BCUT2D eigenvalue weighted by molar-refractivity contribution is 6.04. The number of hydrogen-bond donors (Lipinski definition) is 2. The molecule has 2 heterocycles. The van der Waals surface area contributed by atoms with E-state index >= 15 is 0 Å². The SMILES string of the molecule is CC(C)(C)c1ccc(NC(=O)c2cncc(Nc3ccc4c(c3)OCO4)c2)cc1. The van der Waals surface area contributed by atoms with E-state index in [4.69, 9.17) is 9.47 Å². The fourth-order valence-corrected chi connectivity index (χ4v) is 3.03. The Morgan fingerprint density at radius 3 is 2.38 bits per heavy atom. The lowest BCUT2D eigenvalue weighted by Crippen LogP contribution is -2.14. The summed E-state index contributed by atoms with van der Waals surface area (Å²) >= 11 is 0. The highest BCUT2D eigenvalue weighted by atomic mass is 16.7. The number of nitrogens with zero attached hydrogens (tertiary/aromatic N) is 1. The van der Waals surface area contributed by atoms with Gasteiger partial charge in [0.1, 0.15) is 0 Å². The molecule has 1 aliphatic heterocycles. The maximum Gasteiger partial charge on any atom is 0.257 e. The summed E-state index contributed by atoms with van der Waals surface area (Å²) in [4.78, 5) is 16.8. The average molecular weight is 389 g/mol. The molecule has 0 bridgehead atoms. The molecule has 0 unspecified atom stereocenters. The number of nitrogens with one attached hydrogen (secondary N) is 2. The molecule has 6 nitrogen and oxygen atoms in total. The molecule has 0 saturated carbocycles. The van der Waals surface area contributed by atoms with Gasteiger partial charge in [-0.15, -0.1) is 0 Å². The van der Waals surface area contributed by atoms with Crippen LogP contribution in [0.25, 0.3) is 0 Å². The van der Waals surface area contributed by atoms with Crippen LogP contribution in [0, 0.1) is 0 Å². The molecule has 148 valence electrons. The molecule has 0 fully saturated rings. The molecule has 0 radical (unpaired) electrons. The number of hydrogen-bond acceptors (Lipinski definition) is 5.